The predicted molar refractivity (Wildman–Crippen MR) is 69.2 cm³/mol. The van der Waals surface area contributed by atoms with Crippen LogP contribution in [-0.2, 0) is 16.6 Å². The monoisotopic (exact) mass is 292 g/mol. The highest BCUT2D eigenvalue weighted by Crippen LogP contribution is 2.19. The fourth-order valence-electron chi connectivity index (χ4n) is 1.50. The van der Waals surface area contributed by atoms with E-state index in [0.717, 1.165) is 12.1 Å². The maximum Gasteiger partial charge on any atom is 0.243 e. The average Bonchev–Trinajstić information content (AvgIpc) is 2.30. The Morgan fingerprint density at radius 1 is 1.26 bits per heavy atom. The van der Waals surface area contributed by atoms with Crippen LogP contribution in [0.4, 0.5) is 8.78 Å². The summed E-state index contributed by atoms with van der Waals surface area (Å²) < 4.78 is 52.7. The number of sulfonamides is 1. The summed E-state index contributed by atoms with van der Waals surface area (Å²) in [7, 11) is -4.02. The highest BCUT2D eigenvalue weighted by atomic mass is 32.2. The quantitative estimate of drug-likeness (QED) is 0.840. The number of nitrogens with one attached hydrogen (secondary N) is 2. The van der Waals surface area contributed by atoms with E-state index in [2.05, 4.69) is 10.0 Å². The van der Waals surface area contributed by atoms with Crippen molar-refractivity contribution in [2.24, 2.45) is 0 Å². The van der Waals surface area contributed by atoms with E-state index in [1.165, 1.54) is 0 Å². The zero-order valence-corrected chi connectivity index (χ0v) is 11.9. The van der Waals surface area contributed by atoms with Crippen molar-refractivity contribution in [3.63, 3.8) is 0 Å². The minimum absolute atomic E-state index is 0.109. The summed E-state index contributed by atoms with van der Waals surface area (Å²) in [6.45, 7) is 5.74. The van der Waals surface area contributed by atoms with Gasteiger partial charge in [-0.1, -0.05) is 20.8 Å². The molecule has 1 aromatic rings. The standard InChI is InChI=1S/C12H18F2N2O2S/c1-4-16-19(17,18)11-6-9(7-15-8(2)3)5-10(13)12(11)14/h5-6,8,15-16H,4,7H2,1-3H3. The molecule has 0 aromatic heterocycles. The highest BCUT2D eigenvalue weighted by Gasteiger charge is 2.22. The van der Waals surface area contributed by atoms with Gasteiger partial charge in [0, 0.05) is 19.1 Å². The van der Waals surface area contributed by atoms with E-state index in [9.17, 15) is 17.2 Å². The van der Waals surface area contributed by atoms with Crippen molar-refractivity contribution in [2.75, 3.05) is 6.54 Å². The molecule has 0 aliphatic heterocycles. The first-order valence-corrected chi connectivity index (χ1v) is 7.47. The van der Waals surface area contributed by atoms with E-state index in [4.69, 9.17) is 0 Å². The lowest BCUT2D eigenvalue weighted by Crippen LogP contribution is -2.26. The summed E-state index contributed by atoms with van der Waals surface area (Å²) in [5, 5.41) is 3.01. The molecule has 0 saturated heterocycles. The van der Waals surface area contributed by atoms with Crippen molar-refractivity contribution in [1.82, 2.24) is 10.0 Å². The van der Waals surface area contributed by atoms with E-state index in [1.807, 2.05) is 13.8 Å². The topological polar surface area (TPSA) is 58.2 Å². The Labute approximate surface area is 112 Å². The van der Waals surface area contributed by atoms with Crippen molar-refractivity contribution in [2.45, 2.75) is 38.3 Å². The summed E-state index contributed by atoms with van der Waals surface area (Å²) in [5.41, 5.74) is 0.379. The summed E-state index contributed by atoms with van der Waals surface area (Å²) in [5.74, 6) is -2.52. The fourth-order valence-corrected chi connectivity index (χ4v) is 2.68. The van der Waals surface area contributed by atoms with Gasteiger partial charge in [0.2, 0.25) is 10.0 Å². The zero-order valence-electron chi connectivity index (χ0n) is 11.1. The molecule has 4 nitrogen and oxygen atoms in total. The fraction of sp³-hybridized carbons (Fsp3) is 0.500. The second kappa shape index (κ2) is 6.40. The molecule has 0 atom stereocenters. The smallest absolute Gasteiger partial charge is 0.243 e. The second-order valence-electron chi connectivity index (χ2n) is 4.43. The van der Waals surface area contributed by atoms with Crippen LogP contribution in [0.1, 0.15) is 26.3 Å². The molecular formula is C12H18F2N2O2S. The molecule has 19 heavy (non-hydrogen) atoms. The Hall–Kier alpha value is -1.05. The minimum atomic E-state index is -4.02. The van der Waals surface area contributed by atoms with Crippen LogP contribution in [0.5, 0.6) is 0 Å². The maximum atomic E-state index is 13.6. The van der Waals surface area contributed by atoms with Gasteiger partial charge in [0.25, 0.3) is 0 Å². The van der Waals surface area contributed by atoms with E-state index < -0.39 is 26.6 Å². The molecule has 2 N–H and O–H groups in total. The van der Waals surface area contributed by atoms with Crippen molar-refractivity contribution in [3.05, 3.63) is 29.3 Å². The first-order chi connectivity index (χ1) is 8.77. The third-order valence-corrected chi connectivity index (χ3v) is 3.94. The molecule has 0 bridgehead atoms. The van der Waals surface area contributed by atoms with Gasteiger partial charge in [-0.25, -0.2) is 21.9 Å². The van der Waals surface area contributed by atoms with Crippen LogP contribution in [0.2, 0.25) is 0 Å². The Morgan fingerprint density at radius 2 is 1.89 bits per heavy atom. The van der Waals surface area contributed by atoms with Crippen LogP contribution in [0.15, 0.2) is 17.0 Å². The van der Waals surface area contributed by atoms with Crippen LogP contribution in [-0.4, -0.2) is 21.0 Å². The van der Waals surface area contributed by atoms with Crippen LogP contribution >= 0.6 is 0 Å². The van der Waals surface area contributed by atoms with Crippen molar-refractivity contribution in [3.8, 4) is 0 Å². The van der Waals surface area contributed by atoms with E-state index >= 15 is 0 Å². The molecule has 1 rings (SSSR count). The Bertz CT molecular complexity index is 545. The number of hydrogen-bond acceptors (Lipinski definition) is 3. The van der Waals surface area contributed by atoms with E-state index in [0.29, 0.717) is 5.56 Å². The number of rotatable bonds is 6. The number of hydrogen-bond donors (Lipinski definition) is 2. The van der Waals surface area contributed by atoms with Crippen LogP contribution in [0.3, 0.4) is 0 Å². The lowest BCUT2D eigenvalue weighted by molar-refractivity contribution is 0.479. The van der Waals surface area contributed by atoms with Gasteiger partial charge in [0.1, 0.15) is 4.90 Å². The van der Waals surface area contributed by atoms with E-state index in [-0.39, 0.29) is 19.1 Å². The maximum absolute atomic E-state index is 13.6. The molecule has 0 amide bonds. The molecule has 0 saturated carbocycles. The molecule has 0 unspecified atom stereocenters. The molecule has 0 spiro atoms. The van der Waals surface area contributed by atoms with Gasteiger partial charge in [-0.3, -0.25) is 0 Å². The Morgan fingerprint density at radius 3 is 2.42 bits per heavy atom. The van der Waals surface area contributed by atoms with E-state index in [1.54, 1.807) is 6.92 Å². The zero-order chi connectivity index (χ0) is 14.6. The van der Waals surface area contributed by atoms with Gasteiger partial charge in [0.15, 0.2) is 11.6 Å². The first-order valence-electron chi connectivity index (χ1n) is 5.99. The average molecular weight is 292 g/mol. The van der Waals surface area contributed by atoms with Gasteiger partial charge in [0.05, 0.1) is 0 Å². The Balaban J connectivity index is 3.17. The molecule has 0 radical (unpaired) electrons. The number of halogens is 2. The normalized spacial score (nSPS) is 12.1. The first kappa shape index (κ1) is 16.0. The minimum Gasteiger partial charge on any atom is -0.310 e. The highest BCUT2D eigenvalue weighted by molar-refractivity contribution is 7.89. The van der Waals surface area contributed by atoms with Crippen molar-refractivity contribution < 1.29 is 17.2 Å². The molecule has 0 aliphatic carbocycles. The predicted octanol–water partition coefficient (Wildman–Crippen LogP) is 1.76. The third kappa shape index (κ3) is 4.22. The van der Waals surface area contributed by atoms with Gasteiger partial charge in [-0.05, 0) is 17.7 Å². The van der Waals surface area contributed by atoms with Gasteiger partial charge in [-0.2, -0.15) is 0 Å². The van der Waals surface area contributed by atoms with Crippen molar-refractivity contribution in [1.29, 1.82) is 0 Å². The largest absolute Gasteiger partial charge is 0.310 e. The molecule has 0 aliphatic rings. The van der Waals surface area contributed by atoms with Gasteiger partial charge >= 0.3 is 0 Å². The SMILES string of the molecule is CCNS(=O)(=O)c1cc(CNC(C)C)cc(F)c1F. The molecule has 0 fully saturated rings. The van der Waals surface area contributed by atoms with Crippen LogP contribution in [0.25, 0.3) is 0 Å². The second-order valence-corrected chi connectivity index (χ2v) is 6.16. The van der Waals surface area contributed by atoms with Crippen LogP contribution in [0, 0.1) is 11.6 Å². The van der Waals surface area contributed by atoms with Crippen molar-refractivity contribution >= 4 is 10.0 Å². The lowest BCUT2D eigenvalue weighted by atomic mass is 10.2. The summed E-state index contributed by atoms with van der Waals surface area (Å²) in [6.07, 6.45) is 0. The summed E-state index contributed by atoms with van der Waals surface area (Å²) in [4.78, 5) is -0.657. The molecule has 7 heteroatoms. The molecule has 1 aromatic carbocycles. The molecule has 0 heterocycles. The van der Waals surface area contributed by atoms with Gasteiger partial charge < -0.3 is 5.32 Å². The third-order valence-electron chi connectivity index (χ3n) is 2.39. The summed E-state index contributed by atoms with van der Waals surface area (Å²) in [6, 6.07) is 2.29. The number of benzene rings is 1. The Kier molecular flexibility index (Phi) is 5.39. The molecular weight excluding hydrogens is 274 g/mol. The van der Waals surface area contributed by atoms with Crippen LogP contribution < -0.4 is 10.0 Å². The summed E-state index contributed by atoms with van der Waals surface area (Å²) >= 11 is 0. The van der Waals surface area contributed by atoms with Gasteiger partial charge in [-0.15, -0.1) is 0 Å². The lowest BCUT2D eigenvalue weighted by Gasteiger charge is -2.11. The molecule has 108 valence electrons.